The number of ether oxygens (including phenoxy) is 2. The Kier molecular flexibility index (Phi) is 4.94. The standard InChI is InChI=1S/C16H21FN2O2/c1-16(2)11-19(9-14(21-16)10-20-3)8-12-4-5-15(17)13(6-12)7-18/h4-6,14H,8-11H2,1-3H3. The number of rotatable bonds is 4. The lowest BCUT2D eigenvalue weighted by molar-refractivity contribution is -0.154. The van der Waals surface area contributed by atoms with Gasteiger partial charge in [0.25, 0.3) is 0 Å². The van der Waals surface area contributed by atoms with Crippen molar-refractivity contribution >= 4 is 0 Å². The average Bonchev–Trinajstić information content (AvgIpc) is 2.39. The van der Waals surface area contributed by atoms with E-state index in [9.17, 15) is 4.39 Å². The molecule has 0 amide bonds. The Labute approximate surface area is 125 Å². The van der Waals surface area contributed by atoms with Crippen molar-refractivity contribution in [2.45, 2.75) is 32.1 Å². The van der Waals surface area contributed by atoms with Crippen LogP contribution in [0.1, 0.15) is 25.0 Å². The molecule has 0 aliphatic carbocycles. The summed E-state index contributed by atoms with van der Waals surface area (Å²) in [6.45, 7) is 6.86. The van der Waals surface area contributed by atoms with Crippen molar-refractivity contribution in [1.29, 1.82) is 5.26 Å². The summed E-state index contributed by atoms with van der Waals surface area (Å²) in [6, 6.07) is 6.57. The van der Waals surface area contributed by atoms with Gasteiger partial charge in [0.05, 0.1) is 23.9 Å². The summed E-state index contributed by atoms with van der Waals surface area (Å²) in [5, 5.41) is 8.90. The zero-order chi connectivity index (χ0) is 15.5. The molecule has 1 atom stereocenters. The Bertz CT molecular complexity index is 540. The summed E-state index contributed by atoms with van der Waals surface area (Å²) >= 11 is 0. The van der Waals surface area contributed by atoms with Crippen LogP contribution in [0.2, 0.25) is 0 Å². The number of morpholine rings is 1. The molecule has 0 saturated carbocycles. The van der Waals surface area contributed by atoms with Crippen LogP contribution in [-0.4, -0.2) is 43.4 Å². The van der Waals surface area contributed by atoms with E-state index in [4.69, 9.17) is 14.7 Å². The van der Waals surface area contributed by atoms with Crippen LogP contribution in [-0.2, 0) is 16.0 Å². The van der Waals surface area contributed by atoms with Gasteiger partial charge in [0.1, 0.15) is 11.9 Å². The molecule has 1 aliphatic heterocycles. The van der Waals surface area contributed by atoms with Gasteiger partial charge in [0, 0.05) is 26.7 Å². The first-order valence-electron chi connectivity index (χ1n) is 7.01. The van der Waals surface area contributed by atoms with Gasteiger partial charge in [-0.15, -0.1) is 0 Å². The van der Waals surface area contributed by atoms with E-state index >= 15 is 0 Å². The van der Waals surface area contributed by atoms with Gasteiger partial charge >= 0.3 is 0 Å². The Morgan fingerprint density at radius 1 is 1.52 bits per heavy atom. The average molecular weight is 292 g/mol. The summed E-state index contributed by atoms with van der Waals surface area (Å²) in [5.74, 6) is -0.471. The fourth-order valence-corrected chi connectivity index (χ4v) is 2.82. The minimum atomic E-state index is -0.471. The Morgan fingerprint density at radius 2 is 2.29 bits per heavy atom. The predicted octanol–water partition coefficient (Wildman–Crippen LogP) is 2.32. The molecule has 1 unspecified atom stereocenters. The largest absolute Gasteiger partial charge is 0.382 e. The molecule has 4 nitrogen and oxygen atoms in total. The number of benzene rings is 1. The van der Waals surface area contributed by atoms with Crippen molar-refractivity contribution in [3.8, 4) is 6.07 Å². The highest BCUT2D eigenvalue weighted by atomic mass is 19.1. The molecule has 0 spiro atoms. The number of nitriles is 1. The first-order valence-corrected chi connectivity index (χ1v) is 7.01. The van der Waals surface area contributed by atoms with Gasteiger partial charge in [0.15, 0.2) is 0 Å². The molecule has 1 fully saturated rings. The Morgan fingerprint density at radius 3 is 2.95 bits per heavy atom. The second-order valence-corrected chi connectivity index (χ2v) is 6.05. The van der Waals surface area contributed by atoms with Gasteiger partial charge in [0.2, 0.25) is 0 Å². The monoisotopic (exact) mass is 292 g/mol. The second-order valence-electron chi connectivity index (χ2n) is 6.05. The normalized spacial score (nSPS) is 22.0. The van der Waals surface area contributed by atoms with E-state index in [1.165, 1.54) is 6.07 Å². The quantitative estimate of drug-likeness (QED) is 0.854. The summed E-state index contributed by atoms with van der Waals surface area (Å²) in [4.78, 5) is 2.25. The molecule has 0 aromatic heterocycles. The van der Waals surface area contributed by atoms with E-state index in [1.807, 2.05) is 19.9 Å². The topological polar surface area (TPSA) is 45.5 Å². The molecular formula is C16H21FN2O2. The molecule has 1 saturated heterocycles. The number of halogens is 1. The maximum absolute atomic E-state index is 13.4. The molecule has 1 aliphatic rings. The highest BCUT2D eigenvalue weighted by Crippen LogP contribution is 2.23. The van der Waals surface area contributed by atoms with E-state index in [0.29, 0.717) is 13.2 Å². The number of nitrogens with zero attached hydrogens (tertiary/aromatic N) is 2. The molecule has 5 heteroatoms. The van der Waals surface area contributed by atoms with Crippen molar-refractivity contribution in [2.75, 3.05) is 26.8 Å². The third kappa shape index (κ3) is 4.24. The highest BCUT2D eigenvalue weighted by molar-refractivity contribution is 5.34. The van der Waals surface area contributed by atoms with Crippen LogP contribution in [0.5, 0.6) is 0 Å². The van der Waals surface area contributed by atoms with Gasteiger partial charge in [-0.1, -0.05) is 6.07 Å². The smallest absolute Gasteiger partial charge is 0.140 e. The summed E-state index contributed by atoms with van der Waals surface area (Å²) in [6.07, 6.45) is 0.0228. The van der Waals surface area contributed by atoms with Crippen LogP contribution < -0.4 is 0 Å². The van der Waals surface area contributed by atoms with Crippen molar-refractivity contribution in [2.24, 2.45) is 0 Å². The van der Waals surface area contributed by atoms with Gasteiger partial charge in [-0.3, -0.25) is 4.90 Å². The zero-order valence-corrected chi connectivity index (χ0v) is 12.7. The zero-order valence-electron chi connectivity index (χ0n) is 12.7. The molecule has 0 bridgehead atoms. The molecule has 1 aromatic rings. The Balaban J connectivity index is 2.09. The van der Waals surface area contributed by atoms with E-state index in [0.717, 1.165) is 18.7 Å². The number of hydrogen-bond acceptors (Lipinski definition) is 4. The van der Waals surface area contributed by atoms with Crippen LogP contribution in [0.25, 0.3) is 0 Å². The van der Waals surface area contributed by atoms with Crippen LogP contribution in [0.3, 0.4) is 0 Å². The SMILES string of the molecule is COCC1CN(Cc2ccc(F)c(C#N)c2)CC(C)(C)O1. The van der Waals surface area contributed by atoms with Gasteiger partial charge < -0.3 is 9.47 Å². The Hall–Kier alpha value is -1.48. The van der Waals surface area contributed by atoms with Crippen molar-refractivity contribution < 1.29 is 13.9 Å². The van der Waals surface area contributed by atoms with Crippen LogP contribution >= 0.6 is 0 Å². The molecule has 114 valence electrons. The molecule has 2 rings (SSSR count). The lowest BCUT2D eigenvalue weighted by Gasteiger charge is -2.42. The van der Waals surface area contributed by atoms with Crippen LogP contribution in [0.15, 0.2) is 18.2 Å². The predicted molar refractivity (Wildman–Crippen MR) is 77.2 cm³/mol. The van der Waals surface area contributed by atoms with Crippen LogP contribution in [0.4, 0.5) is 4.39 Å². The number of hydrogen-bond donors (Lipinski definition) is 0. The van der Waals surface area contributed by atoms with Gasteiger partial charge in [-0.05, 0) is 31.5 Å². The third-order valence-corrected chi connectivity index (χ3v) is 3.46. The van der Waals surface area contributed by atoms with Crippen molar-refractivity contribution in [1.82, 2.24) is 4.90 Å². The first kappa shape index (κ1) is 15.9. The number of methoxy groups -OCH3 is 1. The minimum Gasteiger partial charge on any atom is -0.382 e. The second kappa shape index (κ2) is 6.52. The highest BCUT2D eigenvalue weighted by Gasteiger charge is 2.33. The molecule has 1 heterocycles. The summed E-state index contributed by atoms with van der Waals surface area (Å²) in [5.41, 5.74) is 0.773. The lowest BCUT2D eigenvalue weighted by Crippen LogP contribution is -2.53. The molecule has 1 aromatic carbocycles. The van der Waals surface area contributed by atoms with Crippen molar-refractivity contribution in [3.63, 3.8) is 0 Å². The van der Waals surface area contributed by atoms with Crippen molar-refractivity contribution in [3.05, 3.63) is 35.1 Å². The van der Waals surface area contributed by atoms with Gasteiger partial charge in [-0.25, -0.2) is 4.39 Å². The fourth-order valence-electron chi connectivity index (χ4n) is 2.82. The molecule has 21 heavy (non-hydrogen) atoms. The summed E-state index contributed by atoms with van der Waals surface area (Å²) in [7, 11) is 1.66. The minimum absolute atomic E-state index is 0.0228. The van der Waals surface area contributed by atoms with E-state index in [1.54, 1.807) is 19.2 Å². The molecular weight excluding hydrogens is 271 g/mol. The first-order chi connectivity index (χ1) is 9.93. The third-order valence-electron chi connectivity index (χ3n) is 3.46. The van der Waals surface area contributed by atoms with E-state index in [2.05, 4.69) is 4.90 Å². The maximum atomic E-state index is 13.4. The van der Waals surface area contributed by atoms with E-state index in [-0.39, 0.29) is 17.3 Å². The lowest BCUT2D eigenvalue weighted by atomic mass is 10.0. The summed E-state index contributed by atoms with van der Waals surface area (Å²) < 4.78 is 24.5. The van der Waals surface area contributed by atoms with Gasteiger partial charge in [-0.2, -0.15) is 5.26 Å². The molecule has 0 radical (unpaired) electrons. The van der Waals surface area contributed by atoms with Crippen LogP contribution in [0, 0.1) is 17.1 Å². The molecule has 0 N–H and O–H groups in total. The maximum Gasteiger partial charge on any atom is 0.140 e. The fraction of sp³-hybridized carbons (Fsp3) is 0.562. The van der Waals surface area contributed by atoms with E-state index < -0.39 is 5.82 Å².